The van der Waals surface area contributed by atoms with E-state index in [1.165, 1.54) is 6.92 Å². The highest BCUT2D eigenvalue weighted by Crippen LogP contribution is 2.39. The smallest absolute Gasteiger partial charge is 0.217 e. The van der Waals surface area contributed by atoms with Crippen LogP contribution in [0.4, 0.5) is 0 Å². The topological polar surface area (TPSA) is 112 Å². The van der Waals surface area contributed by atoms with Crippen molar-refractivity contribution in [1.29, 1.82) is 0 Å². The Balaban J connectivity index is 1.14. The zero-order valence-electron chi connectivity index (χ0n) is 33.9. The molecule has 3 heterocycles. The minimum Gasteiger partial charge on any atom is -0.368 e. The summed E-state index contributed by atoms with van der Waals surface area (Å²) in [5, 5.41) is 3.10. The number of carbonyl (C=O) groups excluding carboxylic acids is 1. The fourth-order valence-electron chi connectivity index (χ4n) is 7.93. The average molecular weight is 816 g/mol. The number of nitrogens with one attached hydrogen (secondary N) is 1. The van der Waals surface area contributed by atoms with Crippen LogP contribution in [0.2, 0.25) is 0 Å². The van der Waals surface area contributed by atoms with Crippen molar-refractivity contribution in [1.82, 2.24) is 5.32 Å². The third kappa shape index (κ3) is 10.7. The number of hydrogen-bond acceptors (Lipinski definition) is 10. The molecule has 0 aromatic heterocycles. The van der Waals surface area contributed by atoms with Crippen LogP contribution in [0.15, 0.2) is 152 Å². The lowest BCUT2D eigenvalue weighted by atomic mass is 9.94. The monoisotopic (exact) mass is 815 g/mol. The van der Waals surface area contributed by atoms with Gasteiger partial charge in [0.15, 0.2) is 18.9 Å². The van der Waals surface area contributed by atoms with E-state index in [-0.39, 0.29) is 25.7 Å². The molecule has 8 rings (SSSR count). The van der Waals surface area contributed by atoms with Gasteiger partial charge in [0.05, 0.1) is 39.1 Å². The third-order valence-electron chi connectivity index (χ3n) is 10.9. The van der Waals surface area contributed by atoms with E-state index in [1.54, 1.807) is 0 Å². The van der Waals surface area contributed by atoms with Gasteiger partial charge in [-0.05, 0) is 29.2 Å². The number of fused-ring (bicyclic) bond motifs is 1. The fraction of sp³-hybridized carbons (Fsp3) is 0.367. The van der Waals surface area contributed by atoms with Crippen LogP contribution in [0.5, 0.6) is 0 Å². The Morgan fingerprint density at radius 1 is 0.550 bits per heavy atom. The Bertz CT molecular complexity index is 2030. The van der Waals surface area contributed by atoms with Crippen LogP contribution in [0, 0.1) is 0 Å². The first-order valence-corrected chi connectivity index (χ1v) is 20.7. The van der Waals surface area contributed by atoms with Crippen molar-refractivity contribution in [3.05, 3.63) is 179 Å². The van der Waals surface area contributed by atoms with Crippen LogP contribution < -0.4 is 5.32 Å². The van der Waals surface area contributed by atoms with Gasteiger partial charge in [-0.25, -0.2) is 0 Å². The molecule has 5 aromatic rings. The maximum atomic E-state index is 13.1. The van der Waals surface area contributed by atoms with Gasteiger partial charge in [0.1, 0.15) is 42.7 Å². The van der Waals surface area contributed by atoms with Crippen molar-refractivity contribution >= 4 is 5.91 Å². The number of amides is 1. The standard InChI is InChI=1S/C49H53NO10/c1-33-42(52-28-35-18-8-3-9-19-35)45(53-29-36-20-10-4-11-21-36)46(54-30-37-22-12-5-13-23-37)49(57-33)60-44-41(50-34(2)51)48(55-31-38-24-14-6-15-25-38)58-40-32-56-47(59-43(40)44)39-26-16-7-17-27-39/h3-27,33,40-49H,28-32H2,1-2H3,(H,50,51)/t33-,40+,41+,42+,43+,44+,45+,46-,47+,48-,49-/m0/s1. The van der Waals surface area contributed by atoms with Crippen LogP contribution in [0.3, 0.4) is 0 Å². The lowest BCUT2D eigenvalue weighted by molar-refractivity contribution is -0.383. The normalized spacial score (nSPS) is 29.0. The van der Waals surface area contributed by atoms with Gasteiger partial charge in [-0.15, -0.1) is 0 Å². The molecule has 0 saturated carbocycles. The first kappa shape index (κ1) is 41.9. The SMILES string of the molecule is CC(=O)N[C@H]1[C@@H](OCc2ccccc2)O[C@@H]2CO[C@@H](c3ccccc3)O[C@H]2[C@@H]1O[C@@H]1O[C@@H](C)[C@@H](OCc2ccccc2)[C@@H](OCc2ccccc2)[C@@H]1OCc1ccccc1. The van der Waals surface area contributed by atoms with E-state index in [9.17, 15) is 4.79 Å². The highest BCUT2D eigenvalue weighted by Gasteiger charge is 2.55. The van der Waals surface area contributed by atoms with Gasteiger partial charge in [0.2, 0.25) is 5.91 Å². The molecule has 3 aliphatic rings. The highest BCUT2D eigenvalue weighted by atomic mass is 16.8. The van der Waals surface area contributed by atoms with Gasteiger partial charge in [0, 0.05) is 12.5 Å². The van der Waals surface area contributed by atoms with Crippen LogP contribution in [0.1, 0.15) is 48.0 Å². The fourth-order valence-corrected chi connectivity index (χ4v) is 7.93. The Hall–Kier alpha value is -4.79. The summed E-state index contributed by atoms with van der Waals surface area (Å²) in [7, 11) is 0. The van der Waals surface area contributed by atoms with Gasteiger partial charge in [-0.1, -0.05) is 152 Å². The highest BCUT2D eigenvalue weighted by molar-refractivity contribution is 5.73. The predicted octanol–water partition coefficient (Wildman–Crippen LogP) is 7.43. The molecular formula is C49H53NO10. The predicted molar refractivity (Wildman–Crippen MR) is 222 cm³/mol. The number of carbonyl (C=O) groups is 1. The van der Waals surface area contributed by atoms with Crippen molar-refractivity contribution < 1.29 is 47.4 Å². The van der Waals surface area contributed by atoms with Gasteiger partial charge < -0.3 is 47.9 Å². The molecule has 1 amide bonds. The summed E-state index contributed by atoms with van der Waals surface area (Å²) in [5.74, 6) is -0.288. The maximum absolute atomic E-state index is 13.1. The maximum Gasteiger partial charge on any atom is 0.217 e. The van der Waals surface area contributed by atoms with Crippen LogP contribution >= 0.6 is 0 Å². The molecule has 60 heavy (non-hydrogen) atoms. The Kier molecular flexibility index (Phi) is 14.4. The van der Waals surface area contributed by atoms with Crippen molar-refractivity contribution in [2.45, 2.75) is 108 Å². The van der Waals surface area contributed by atoms with Crippen molar-refractivity contribution in [3.63, 3.8) is 0 Å². The summed E-state index contributed by atoms with van der Waals surface area (Å²) in [6, 6.07) is 48.6. The molecule has 0 radical (unpaired) electrons. The van der Waals surface area contributed by atoms with Crippen LogP contribution in [0.25, 0.3) is 0 Å². The summed E-state index contributed by atoms with van der Waals surface area (Å²) < 4.78 is 60.6. The second-order valence-electron chi connectivity index (χ2n) is 15.3. The summed E-state index contributed by atoms with van der Waals surface area (Å²) in [5.41, 5.74) is 4.77. The molecule has 0 bridgehead atoms. The van der Waals surface area contributed by atoms with Gasteiger partial charge in [0.25, 0.3) is 0 Å². The van der Waals surface area contributed by atoms with Gasteiger partial charge in [-0.3, -0.25) is 4.79 Å². The van der Waals surface area contributed by atoms with Crippen LogP contribution in [-0.4, -0.2) is 73.9 Å². The lowest BCUT2D eigenvalue weighted by Crippen LogP contribution is -2.69. The molecule has 11 atom stereocenters. The Labute approximate surface area is 351 Å². The van der Waals surface area contributed by atoms with Crippen LogP contribution in [-0.2, 0) is 73.9 Å². The first-order valence-electron chi connectivity index (χ1n) is 20.7. The molecule has 5 aromatic carbocycles. The molecule has 11 heteroatoms. The molecule has 11 nitrogen and oxygen atoms in total. The number of rotatable bonds is 16. The van der Waals surface area contributed by atoms with E-state index >= 15 is 0 Å². The Morgan fingerprint density at radius 3 is 1.53 bits per heavy atom. The Morgan fingerprint density at radius 2 is 1.02 bits per heavy atom. The molecule has 0 unspecified atom stereocenters. The van der Waals surface area contributed by atoms with E-state index in [2.05, 4.69) is 5.32 Å². The van der Waals surface area contributed by atoms with E-state index < -0.39 is 67.6 Å². The zero-order valence-corrected chi connectivity index (χ0v) is 33.9. The van der Waals surface area contributed by atoms with E-state index in [0.717, 1.165) is 27.8 Å². The largest absolute Gasteiger partial charge is 0.368 e. The van der Waals surface area contributed by atoms with E-state index in [1.807, 2.05) is 159 Å². The summed E-state index contributed by atoms with van der Waals surface area (Å²) >= 11 is 0. The zero-order chi connectivity index (χ0) is 41.1. The molecular weight excluding hydrogens is 763 g/mol. The quantitative estimate of drug-likeness (QED) is 0.108. The molecule has 3 aliphatic heterocycles. The first-order chi connectivity index (χ1) is 29.5. The summed E-state index contributed by atoms with van der Waals surface area (Å²) in [6.45, 7) is 4.72. The number of ether oxygens (including phenoxy) is 9. The van der Waals surface area contributed by atoms with E-state index in [4.69, 9.17) is 42.6 Å². The molecule has 0 aliphatic carbocycles. The molecule has 3 saturated heterocycles. The van der Waals surface area contributed by atoms with Crippen molar-refractivity contribution in [2.24, 2.45) is 0 Å². The third-order valence-corrected chi connectivity index (χ3v) is 10.9. The van der Waals surface area contributed by atoms with Crippen molar-refractivity contribution in [2.75, 3.05) is 6.61 Å². The average Bonchev–Trinajstić information content (AvgIpc) is 3.29. The number of hydrogen-bond donors (Lipinski definition) is 1. The van der Waals surface area contributed by atoms with E-state index in [0.29, 0.717) is 13.2 Å². The second kappa shape index (κ2) is 20.7. The lowest BCUT2D eigenvalue weighted by Gasteiger charge is -2.52. The molecule has 0 spiro atoms. The summed E-state index contributed by atoms with van der Waals surface area (Å²) in [6.07, 6.45) is -7.38. The van der Waals surface area contributed by atoms with Gasteiger partial charge in [-0.2, -0.15) is 0 Å². The molecule has 314 valence electrons. The summed E-state index contributed by atoms with van der Waals surface area (Å²) in [4.78, 5) is 13.1. The second-order valence-corrected chi connectivity index (χ2v) is 15.3. The minimum atomic E-state index is -1.02. The van der Waals surface area contributed by atoms with Gasteiger partial charge >= 0.3 is 0 Å². The number of benzene rings is 5. The van der Waals surface area contributed by atoms with Crippen molar-refractivity contribution in [3.8, 4) is 0 Å². The molecule has 1 N–H and O–H groups in total. The molecule has 3 fully saturated rings. The minimum absolute atomic E-state index is 0.191.